The van der Waals surface area contributed by atoms with Crippen LogP contribution in [0.4, 0.5) is 11.4 Å². The molecule has 0 saturated carbocycles. The second kappa shape index (κ2) is 11.5. The van der Waals surface area contributed by atoms with Crippen LogP contribution in [0.2, 0.25) is 0 Å². The Kier molecular flexibility index (Phi) is 9.00. The third-order valence-corrected chi connectivity index (χ3v) is 7.90. The molecule has 0 spiro atoms. The Morgan fingerprint density at radius 1 is 1.06 bits per heavy atom. The van der Waals surface area contributed by atoms with E-state index in [-0.39, 0.29) is 10.6 Å². The van der Waals surface area contributed by atoms with Crippen LogP contribution in [0, 0.1) is 10.1 Å². The Morgan fingerprint density at radius 2 is 1.75 bits per heavy atom. The van der Waals surface area contributed by atoms with E-state index in [0.717, 1.165) is 5.69 Å². The van der Waals surface area contributed by atoms with Gasteiger partial charge in [0, 0.05) is 74.8 Å². The van der Waals surface area contributed by atoms with Gasteiger partial charge >= 0.3 is 0 Å². The van der Waals surface area contributed by atoms with E-state index in [1.54, 1.807) is 6.20 Å². The van der Waals surface area contributed by atoms with Crippen LogP contribution in [0.25, 0.3) is 0 Å². The predicted octanol–water partition coefficient (Wildman–Crippen LogP) is 3.09. The quantitative estimate of drug-likeness (QED) is 0.238. The number of halogens is 2. The highest BCUT2D eigenvalue weighted by Gasteiger charge is 2.33. The number of pyridine rings is 1. The molecule has 0 amide bonds. The number of nitro benzene ring substituents is 1. The first-order valence-electron chi connectivity index (χ1n) is 10.1. The van der Waals surface area contributed by atoms with E-state index in [0.29, 0.717) is 62.2 Å². The maximum atomic E-state index is 13.6. The van der Waals surface area contributed by atoms with Gasteiger partial charge in [0.25, 0.3) is 5.69 Å². The van der Waals surface area contributed by atoms with Gasteiger partial charge in [0.1, 0.15) is 4.90 Å². The lowest BCUT2D eigenvalue weighted by Crippen LogP contribution is -2.48. The number of anilines is 1. The lowest BCUT2D eigenvalue weighted by atomic mass is 10.2. The Bertz CT molecular complexity index is 1010. The molecule has 1 aliphatic heterocycles. The first kappa shape index (κ1) is 25.0. The van der Waals surface area contributed by atoms with Crippen molar-refractivity contribution < 1.29 is 13.3 Å². The summed E-state index contributed by atoms with van der Waals surface area (Å²) < 4.78 is 28.6. The molecule has 1 aromatic heterocycles. The van der Waals surface area contributed by atoms with Crippen LogP contribution in [0.5, 0.6) is 0 Å². The highest BCUT2D eigenvalue weighted by Crippen LogP contribution is 2.32. The third kappa shape index (κ3) is 6.04. The maximum absolute atomic E-state index is 13.6. The molecule has 0 aliphatic carbocycles. The van der Waals surface area contributed by atoms with Crippen LogP contribution in [-0.2, 0) is 16.6 Å². The molecule has 1 aliphatic rings. The van der Waals surface area contributed by atoms with Crippen molar-refractivity contribution in [1.82, 2.24) is 14.2 Å². The van der Waals surface area contributed by atoms with Crippen LogP contribution >= 0.6 is 31.9 Å². The second-order valence-electron chi connectivity index (χ2n) is 7.28. The molecule has 0 N–H and O–H groups in total. The van der Waals surface area contributed by atoms with E-state index in [4.69, 9.17) is 0 Å². The van der Waals surface area contributed by atoms with Gasteiger partial charge in [-0.15, -0.1) is 0 Å². The molecule has 32 heavy (non-hydrogen) atoms. The van der Waals surface area contributed by atoms with E-state index in [2.05, 4.69) is 41.7 Å². The topological polar surface area (TPSA) is 99.9 Å². The Labute approximate surface area is 204 Å². The SMILES string of the molecule is O=[N+]([O-])c1ccc(N(CCBr)CCBr)c(S(=O)(=O)N2CCN(Cc3ccccn3)CC2)c1. The van der Waals surface area contributed by atoms with Crippen LogP contribution in [0.3, 0.4) is 0 Å². The molecule has 2 heterocycles. The number of benzene rings is 1. The van der Waals surface area contributed by atoms with Gasteiger partial charge in [0.15, 0.2) is 0 Å². The van der Waals surface area contributed by atoms with Crippen LogP contribution in [0.15, 0.2) is 47.5 Å². The molecule has 2 aromatic rings. The minimum atomic E-state index is -3.91. The van der Waals surface area contributed by atoms with Gasteiger partial charge in [-0.1, -0.05) is 37.9 Å². The van der Waals surface area contributed by atoms with Crippen molar-refractivity contribution in [2.24, 2.45) is 0 Å². The molecular formula is C20H25Br2N5O4S. The second-order valence-corrected chi connectivity index (χ2v) is 10.8. The van der Waals surface area contributed by atoms with Crippen molar-refractivity contribution in [1.29, 1.82) is 0 Å². The highest BCUT2D eigenvalue weighted by molar-refractivity contribution is 9.09. The molecule has 174 valence electrons. The van der Waals surface area contributed by atoms with E-state index >= 15 is 0 Å². The number of piperazine rings is 1. The predicted molar refractivity (Wildman–Crippen MR) is 131 cm³/mol. The third-order valence-electron chi connectivity index (χ3n) is 5.26. The summed E-state index contributed by atoms with van der Waals surface area (Å²) in [4.78, 5) is 19.2. The van der Waals surface area contributed by atoms with Crippen molar-refractivity contribution in [2.75, 3.05) is 54.8 Å². The van der Waals surface area contributed by atoms with E-state index in [1.807, 2.05) is 23.1 Å². The van der Waals surface area contributed by atoms with Crippen LogP contribution in [-0.4, -0.2) is 77.5 Å². The van der Waals surface area contributed by atoms with Gasteiger partial charge in [0.2, 0.25) is 10.0 Å². The van der Waals surface area contributed by atoms with Crippen LogP contribution in [0.1, 0.15) is 5.69 Å². The normalized spacial score (nSPS) is 15.6. The van der Waals surface area contributed by atoms with Gasteiger partial charge < -0.3 is 4.90 Å². The molecule has 0 radical (unpaired) electrons. The summed E-state index contributed by atoms with van der Waals surface area (Å²) >= 11 is 6.81. The average molecular weight is 591 g/mol. The molecule has 0 bridgehead atoms. The smallest absolute Gasteiger partial charge is 0.270 e. The summed E-state index contributed by atoms with van der Waals surface area (Å²) in [7, 11) is -3.91. The molecular weight excluding hydrogens is 566 g/mol. The number of nitro groups is 1. The standard InChI is InChI=1S/C20H25Br2N5O4S/c21-6-9-25(10-7-22)19-5-4-18(27(28)29)15-20(19)32(30,31)26-13-11-24(12-14-26)16-17-3-1-2-8-23-17/h1-5,8,15H,6-7,9-14,16H2. The van der Waals surface area contributed by atoms with Crippen molar-refractivity contribution in [2.45, 2.75) is 11.4 Å². The van der Waals surface area contributed by atoms with Gasteiger partial charge in [-0.2, -0.15) is 4.31 Å². The van der Waals surface area contributed by atoms with Gasteiger partial charge in [0.05, 0.1) is 16.3 Å². The largest absolute Gasteiger partial charge is 0.369 e. The Hall–Kier alpha value is -1.60. The average Bonchev–Trinajstić information content (AvgIpc) is 2.79. The fourth-order valence-corrected chi connectivity index (χ4v) is 6.14. The van der Waals surface area contributed by atoms with E-state index < -0.39 is 14.9 Å². The zero-order valence-corrected chi connectivity index (χ0v) is 21.4. The molecule has 1 saturated heterocycles. The summed E-state index contributed by atoms with van der Waals surface area (Å²) in [5.74, 6) is 0. The summed E-state index contributed by atoms with van der Waals surface area (Å²) in [6.45, 7) is 3.55. The van der Waals surface area contributed by atoms with Crippen molar-refractivity contribution in [3.63, 3.8) is 0 Å². The lowest BCUT2D eigenvalue weighted by Gasteiger charge is -2.34. The fourth-order valence-electron chi connectivity index (χ4n) is 3.63. The number of nitrogens with zero attached hydrogens (tertiary/aromatic N) is 5. The number of aromatic nitrogens is 1. The molecule has 1 fully saturated rings. The zero-order valence-electron chi connectivity index (χ0n) is 17.4. The Morgan fingerprint density at radius 3 is 2.31 bits per heavy atom. The van der Waals surface area contributed by atoms with Gasteiger partial charge in [-0.25, -0.2) is 8.42 Å². The number of rotatable bonds is 10. The lowest BCUT2D eigenvalue weighted by molar-refractivity contribution is -0.385. The fraction of sp³-hybridized carbons (Fsp3) is 0.450. The Balaban J connectivity index is 1.85. The molecule has 1 aromatic carbocycles. The van der Waals surface area contributed by atoms with E-state index in [1.165, 1.54) is 22.5 Å². The van der Waals surface area contributed by atoms with Crippen molar-refractivity contribution in [3.8, 4) is 0 Å². The van der Waals surface area contributed by atoms with Gasteiger partial charge in [-0.3, -0.25) is 20.0 Å². The number of hydrogen-bond donors (Lipinski definition) is 0. The summed E-state index contributed by atoms with van der Waals surface area (Å²) in [6.07, 6.45) is 1.74. The van der Waals surface area contributed by atoms with E-state index in [9.17, 15) is 18.5 Å². The monoisotopic (exact) mass is 589 g/mol. The molecule has 0 unspecified atom stereocenters. The van der Waals surface area contributed by atoms with Crippen molar-refractivity contribution in [3.05, 3.63) is 58.4 Å². The summed E-state index contributed by atoms with van der Waals surface area (Å²) in [5.41, 5.74) is 1.18. The summed E-state index contributed by atoms with van der Waals surface area (Å²) in [6, 6.07) is 9.81. The minimum absolute atomic E-state index is 0.0215. The van der Waals surface area contributed by atoms with Gasteiger partial charge in [-0.05, 0) is 18.2 Å². The number of hydrogen-bond acceptors (Lipinski definition) is 7. The summed E-state index contributed by atoms with van der Waals surface area (Å²) in [5, 5.41) is 12.6. The molecule has 0 atom stereocenters. The number of sulfonamides is 1. The first-order valence-corrected chi connectivity index (χ1v) is 13.8. The highest BCUT2D eigenvalue weighted by atomic mass is 79.9. The molecule has 12 heteroatoms. The first-order chi connectivity index (χ1) is 15.4. The number of alkyl halides is 2. The molecule has 9 nitrogen and oxygen atoms in total. The van der Waals surface area contributed by atoms with Crippen LogP contribution < -0.4 is 4.90 Å². The number of non-ortho nitro benzene ring substituents is 1. The minimum Gasteiger partial charge on any atom is -0.369 e. The maximum Gasteiger partial charge on any atom is 0.270 e. The van der Waals surface area contributed by atoms with Crippen molar-refractivity contribution >= 4 is 53.3 Å². The molecule has 3 rings (SSSR count). The zero-order chi connectivity index (χ0) is 23.1.